The van der Waals surface area contributed by atoms with E-state index in [0.29, 0.717) is 30.5 Å². The largest absolute Gasteiger partial charge is 0.396 e. The number of nitrogens with zero attached hydrogens (tertiary/aromatic N) is 1. The van der Waals surface area contributed by atoms with Crippen LogP contribution in [-0.4, -0.2) is 45.4 Å². The van der Waals surface area contributed by atoms with Crippen molar-refractivity contribution in [2.45, 2.75) is 24.3 Å². The first-order valence-electron chi connectivity index (χ1n) is 8.91. The first-order chi connectivity index (χ1) is 12.9. The van der Waals surface area contributed by atoms with Crippen LogP contribution in [-0.2, 0) is 16.4 Å². The Morgan fingerprint density at radius 1 is 1.07 bits per heavy atom. The molecular formula is C20H28IN3O3S. The van der Waals surface area contributed by atoms with E-state index in [-0.39, 0.29) is 36.5 Å². The fourth-order valence-electron chi connectivity index (χ4n) is 2.59. The second-order valence-corrected chi connectivity index (χ2v) is 8.30. The lowest BCUT2D eigenvalue weighted by molar-refractivity contribution is 0.265. The number of nitrogens with one attached hydrogen (secondary N) is 2. The maximum atomic E-state index is 11.5. The van der Waals surface area contributed by atoms with E-state index in [9.17, 15) is 13.5 Å². The number of aliphatic hydroxyl groups is 1. The maximum Gasteiger partial charge on any atom is 0.191 e. The molecule has 0 fully saturated rings. The summed E-state index contributed by atoms with van der Waals surface area (Å²) in [6.07, 6.45) is 1.19. The molecule has 28 heavy (non-hydrogen) atoms. The van der Waals surface area contributed by atoms with Crippen molar-refractivity contribution in [2.24, 2.45) is 4.99 Å². The van der Waals surface area contributed by atoms with Gasteiger partial charge in [0.25, 0.3) is 0 Å². The first-order valence-corrected chi connectivity index (χ1v) is 10.8. The van der Waals surface area contributed by atoms with E-state index in [1.807, 2.05) is 37.3 Å². The number of hydrogen-bond acceptors (Lipinski definition) is 4. The minimum Gasteiger partial charge on any atom is -0.396 e. The molecule has 0 aliphatic carbocycles. The van der Waals surface area contributed by atoms with E-state index >= 15 is 0 Å². The van der Waals surface area contributed by atoms with Gasteiger partial charge < -0.3 is 15.7 Å². The number of benzene rings is 2. The van der Waals surface area contributed by atoms with Crippen LogP contribution in [0, 0.1) is 0 Å². The highest BCUT2D eigenvalue weighted by Crippen LogP contribution is 2.14. The molecule has 0 saturated carbocycles. The zero-order chi connectivity index (χ0) is 19.7. The molecule has 1 unspecified atom stereocenters. The van der Waals surface area contributed by atoms with Crippen LogP contribution in [0.15, 0.2) is 64.5 Å². The van der Waals surface area contributed by atoms with Gasteiger partial charge in [0.05, 0.1) is 18.0 Å². The third-order valence-electron chi connectivity index (χ3n) is 4.12. The van der Waals surface area contributed by atoms with Gasteiger partial charge in [0.2, 0.25) is 0 Å². The zero-order valence-corrected chi connectivity index (χ0v) is 19.3. The van der Waals surface area contributed by atoms with Crippen molar-refractivity contribution < 1.29 is 13.5 Å². The maximum absolute atomic E-state index is 11.5. The van der Waals surface area contributed by atoms with Crippen LogP contribution in [0.4, 0.5) is 0 Å². The Morgan fingerprint density at radius 2 is 1.71 bits per heavy atom. The van der Waals surface area contributed by atoms with Crippen LogP contribution in [0.3, 0.4) is 0 Å². The van der Waals surface area contributed by atoms with Gasteiger partial charge in [0.15, 0.2) is 15.8 Å². The molecule has 0 radical (unpaired) electrons. The smallest absolute Gasteiger partial charge is 0.191 e. The lowest BCUT2D eigenvalue weighted by atomic mass is 10.0. The topological polar surface area (TPSA) is 90.8 Å². The van der Waals surface area contributed by atoms with Crippen LogP contribution in [0.5, 0.6) is 0 Å². The fourth-order valence-corrected chi connectivity index (χ4v) is 3.22. The number of hydrogen-bond donors (Lipinski definition) is 3. The second kappa shape index (κ2) is 12.0. The molecule has 0 saturated heterocycles. The van der Waals surface area contributed by atoms with Crippen LogP contribution in [0.2, 0.25) is 0 Å². The predicted octanol–water partition coefficient (Wildman–Crippen LogP) is 2.54. The molecule has 0 heterocycles. The van der Waals surface area contributed by atoms with Gasteiger partial charge in [-0.3, -0.25) is 0 Å². The zero-order valence-electron chi connectivity index (χ0n) is 16.1. The molecular weight excluding hydrogens is 489 g/mol. The molecule has 0 aromatic heterocycles. The molecule has 6 nitrogen and oxygen atoms in total. The predicted molar refractivity (Wildman–Crippen MR) is 124 cm³/mol. The quantitative estimate of drug-likeness (QED) is 0.285. The average Bonchev–Trinajstić information content (AvgIpc) is 2.67. The summed E-state index contributed by atoms with van der Waals surface area (Å²) in [4.78, 5) is 4.84. The van der Waals surface area contributed by atoms with Gasteiger partial charge in [-0.1, -0.05) is 42.5 Å². The van der Waals surface area contributed by atoms with Crippen molar-refractivity contribution in [3.63, 3.8) is 0 Å². The molecule has 2 aromatic carbocycles. The Balaban J connectivity index is 0.00000392. The Kier molecular flexibility index (Phi) is 10.5. The molecule has 0 amide bonds. The van der Waals surface area contributed by atoms with Crippen molar-refractivity contribution in [1.29, 1.82) is 0 Å². The summed E-state index contributed by atoms with van der Waals surface area (Å²) in [6.45, 7) is 3.73. The minimum atomic E-state index is -3.19. The van der Waals surface area contributed by atoms with Crippen LogP contribution < -0.4 is 10.6 Å². The first kappa shape index (κ1) is 24.4. The average molecular weight is 517 g/mol. The summed E-state index contributed by atoms with van der Waals surface area (Å²) in [5.74, 6) is 0.628. The van der Waals surface area contributed by atoms with Crippen LogP contribution in [0.25, 0.3) is 0 Å². The Bertz CT molecular complexity index is 841. The number of halogens is 1. The molecule has 0 aliphatic heterocycles. The van der Waals surface area contributed by atoms with Crippen molar-refractivity contribution in [1.82, 2.24) is 10.6 Å². The lowest BCUT2D eigenvalue weighted by Gasteiger charge is -2.18. The molecule has 0 spiro atoms. The molecule has 2 aromatic rings. The number of aliphatic hydroxyl groups excluding tert-OH is 1. The van der Waals surface area contributed by atoms with Crippen molar-refractivity contribution in [2.75, 3.05) is 26.0 Å². The lowest BCUT2D eigenvalue weighted by Crippen LogP contribution is -2.39. The van der Waals surface area contributed by atoms with E-state index in [2.05, 4.69) is 15.6 Å². The van der Waals surface area contributed by atoms with Gasteiger partial charge in [0, 0.05) is 25.3 Å². The van der Waals surface area contributed by atoms with Crippen molar-refractivity contribution >= 4 is 39.8 Å². The van der Waals surface area contributed by atoms with E-state index in [1.165, 1.54) is 6.26 Å². The van der Waals surface area contributed by atoms with Gasteiger partial charge in [-0.15, -0.1) is 24.0 Å². The van der Waals surface area contributed by atoms with E-state index in [4.69, 9.17) is 0 Å². The molecule has 1 atom stereocenters. The highest BCUT2D eigenvalue weighted by atomic mass is 127. The summed E-state index contributed by atoms with van der Waals surface area (Å²) >= 11 is 0. The number of aliphatic imine (C=N–C) groups is 1. The van der Waals surface area contributed by atoms with Crippen LogP contribution >= 0.6 is 24.0 Å². The molecule has 3 N–H and O–H groups in total. The fraction of sp³-hybridized carbons (Fsp3) is 0.350. The molecule has 8 heteroatoms. The SMILES string of the molecule is CCNC(=NCc1ccc(S(C)(=O)=O)cc1)NCC(CO)c1ccccc1.I. The highest BCUT2D eigenvalue weighted by Gasteiger charge is 2.11. The molecule has 2 rings (SSSR count). The molecule has 0 bridgehead atoms. The standard InChI is InChI=1S/C20H27N3O3S.HI/c1-3-21-20(23-14-18(15-24)17-7-5-4-6-8-17)22-13-16-9-11-19(12-10-16)27(2,25)26;/h4-12,18,24H,3,13-15H2,1-2H3,(H2,21,22,23);1H. The van der Waals surface area contributed by atoms with E-state index in [1.54, 1.807) is 24.3 Å². The Morgan fingerprint density at radius 3 is 2.25 bits per heavy atom. The van der Waals surface area contributed by atoms with Crippen molar-refractivity contribution in [3.05, 3.63) is 65.7 Å². The van der Waals surface area contributed by atoms with E-state index in [0.717, 1.165) is 11.1 Å². The second-order valence-electron chi connectivity index (χ2n) is 6.28. The van der Waals surface area contributed by atoms with E-state index < -0.39 is 9.84 Å². The number of sulfone groups is 1. The van der Waals surface area contributed by atoms with Gasteiger partial charge in [-0.25, -0.2) is 13.4 Å². The summed E-state index contributed by atoms with van der Waals surface area (Å²) in [7, 11) is -3.19. The highest BCUT2D eigenvalue weighted by molar-refractivity contribution is 14.0. The molecule has 154 valence electrons. The van der Waals surface area contributed by atoms with Crippen molar-refractivity contribution in [3.8, 4) is 0 Å². The third kappa shape index (κ3) is 7.76. The normalized spacial score (nSPS) is 12.8. The molecule has 0 aliphatic rings. The van der Waals surface area contributed by atoms with Gasteiger partial charge >= 0.3 is 0 Å². The summed E-state index contributed by atoms with van der Waals surface area (Å²) in [6, 6.07) is 16.6. The minimum absolute atomic E-state index is 0. The van der Waals surface area contributed by atoms with Crippen LogP contribution in [0.1, 0.15) is 24.0 Å². The third-order valence-corrected chi connectivity index (χ3v) is 5.25. The summed E-state index contributed by atoms with van der Waals surface area (Å²) in [5, 5.41) is 16.1. The Labute approximate surface area is 184 Å². The monoisotopic (exact) mass is 517 g/mol. The summed E-state index contributed by atoms with van der Waals surface area (Å²) < 4.78 is 23.0. The van der Waals surface area contributed by atoms with Gasteiger partial charge in [-0.05, 0) is 30.2 Å². The number of guanidine groups is 1. The van der Waals surface area contributed by atoms with Gasteiger partial charge in [0.1, 0.15) is 0 Å². The van der Waals surface area contributed by atoms with Gasteiger partial charge in [-0.2, -0.15) is 0 Å². The Hall–Kier alpha value is -1.65. The number of rotatable bonds is 8. The summed E-state index contributed by atoms with van der Waals surface area (Å²) in [5.41, 5.74) is 1.99.